The van der Waals surface area contributed by atoms with E-state index in [0.29, 0.717) is 23.6 Å². The molecule has 1 amide bonds. The summed E-state index contributed by atoms with van der Waals surface area (Å²) in [6, 6.07) is -0.320. The minimum atomic E-state index is -3.02. The summed E-state index contributed by atoms with van der Waals surface area (Å²) in [6.07, 6.45) is 2.00. The molecule has 1 aromatic rings. The normalized spacial score (nSPS) is 24.1. The van der Waals surface area contributed by atoms with Gasteiger partial charge in [-0.3, -0.25) is 4.79 Å². The lowest BCUT2D eigenvalue weighted by Gasteiger charge is -2.32. The topological polar surface area (TPSA) is 95.5 Å². The Balaban J connectivity index is 1.67. The van der Waals surface area contributed by atoms with Crippen molar-refractivity contribution < 1.29 is 13.2 Å². The number of nitrogens with zero attached hydrogens (tertiary/aromatic N) is 4. The van der Waals surface area contributed by atoms with E-state index in [9.17, 15) is 13.2 Å². The third-order valence-electron chi connectivity index (χ3n) is 4.57. The standard InChI is InChI=1S/C15H23N5O3S/c1-11-13(14(21)18-12-3-8-24(22,23)10-12)9-16-15(17-11)20-6-4-19(2)5-7-20/h9,12H,3-8,10H2,1-2H3,(H,18,21)/t12-/m1/s1. The van der Waals surface area contributed by atoms with E-state index in [-0.39, 0.29) is 23.5 Å². The fraction of sp³-hybridized carbons (Fsp3) is 0.667. The molecule has 132 valence electrons. The van der Waals surface area contributed by atoms with Gasteiger partial charge in [-0.15, -0.1) is 0 Å². The van der Waals surface area contributed by atoms with Crippen LogP contribution in [0.1, 0.15) is 22.5 Å². The minimum absolute atomic E-state index is 0.0119. The molecule has 0 spiro atoms. The second-order valence-corrected chi connectivity index (χ2v) is 8.76. The zero-order valence-corrected chi connectivity index (χ0v) is 14.8. The van der Waals surface area contributed by atoms with Crippen molar-refractivity contribution in [3.8, 4) is 0 Å². The molecule has 1 aromatic heterocycles. The van der Waals surface area contributed by atoms with Crippen molar-refractivity contribution in [2.45, 2.75) is 19.4 Å². The molecule has 0 bridgehead atoms. The average Bonchev–Trinajstić information content (AvgIpc) is 2.86. The van der Waals surface area contributed by atoms with Crippen molar-refractivity contribution >= 4 is 21.7 Å². The van der Waals surface area contributed by atoms with E-state index < -0.39 is 9.84 Å². The van der Waals surface area contributed by atoms with Gasteiger partial charge < -0.3 is 15.1 Å². The van der Waals surface area contributed by atoms with Gasteiger partial charge in [-0.25, -0.2) is 18.4 Å². The van der Waals surface area contributed by atoms with Crippen molar-refractivity contribution in [3.05, 3.63) is 17.5 Å². The van der Waals surface area contributed by atoms with Crippen LogP contribution in [0.5, 0.6) is 0 Å². The molecule has 2 aliphatic rings. The molecule has 3 rings (SSSR count). The van der Waals surface area contributed by atoms with Crippen molar-refractivity contribution in [3.63, 3.8) is 0 Å². The molecule has 0 aromatic carbocycles. The van der Waals surface area contributed by atoms with Gasteiger partial charge in [0.2, 0.25) is 5.95 Å². The summed E-state index contributed by atoms with van der Waals surface area (Å²) >= 11 is 0. The number of hydrogen-bond acceptors (Lipinski definition) is 7. The summed E-state index contributed by atoms with van der Waals surface area (Å²) in [5.74, 6) is 0.480. The van der Waals surface area contributed by atoms with Gasteiger partial charge in [0.15, 0.2) is 9.84 Å². The Morgan fingerprint density at radius 2 is 2.00 bits per heavy atom. The first-order chi connectivity index (χ1) is 11.3. The van der Waals surface area contributed by atoms with Crippen molar-refractivity contribution in [2.75, 3.05) is 49.6 Å². The third-order valence-corrected chi connectivity index (χ3v) is 6.33. The van der Waals surface area contributed by atoms with Gasteiger partial charge in [0.25, 0.3) is 5.91 Å². The molecule has 1 atom stereocenters. The van der Waals surface area contributed by atoms with Gasteiger partial charge in [0.05, 0.1) is 22.8 Å². The first-order valence-electron chi connectivity index (χ1n) is 8.12. The second kappa shape index (κ2) is 6.64. The van der Waals surface area contributed by atoms with Gasteiger partial charge in [-0.05, 0) is 20.4 Å². The minimum Gasteiger partial charge on any atom is -0.348 e. The number of anilines is 1. The predicted octanol–water partition coefficient (Wildman–Crippen LogP) is -0.546. The second-order valence-electron chi connectivity index (χ2n) is 6.53. The molecular weight excluding hydrogens is 330 g/mol. The highest BCUT2D eigenvalue weighted by Gasteiger charge is 2.29. The number of aryl methyl sites for hydroxylation is 1. The number of sulfone groups is 1. The van der Waals surface area contributed by atoms with Crippen molar-refractivity contribution in [1.29, 1.82) is 0 Å². The number of rotatable bonds is 3. The van der Waals surface area contributed by atoms with E-state index in [1.165, 1.54) is 6.20 Å². The van der Waals surface area contributed by atoms with Gasteiger partial charge in [0, 0.05) is 38.4 Å². The largest absolute Gasteiger partial charge is 0.348 e. The maximum Gasteiger partial charge on any atom is 0.254 e. The van der Waals surface area contributed by atoms with Crippen molar-refractivity contribution in [1.82, 2.24) is 20.2 Å². The summed E-state index contributed by atoms with van der Waals surface area (Å²) in [5.41, 5.74) is 1.01. The lowest BCUT2D eigenvalue weighted by atomic mass is 10.2. The maximum atomic E-state index is 12.4. The van der Waals surface area contributed by atoms with E-state index in [1.807, 2.05) is 0 Å². The average molecular weight is 353 g/mol. The third kappa shape index (κ3) is 3.84. The van der Waals surface area contributed by atoms with Gasteiger partial charge >= 0.3 is 0 Å². The predicted molar refractivity (Wildman–Crippen MR) is 91.0 cm³/mol. The van der Waals surface area contributed by atoms with E-state index in [1.54, 1.807) is 6.92 Å². The molecule has 0 unspecified atom stereocenters. The first-order valence-corrected chi connectivity index (χ1v) is 9.94. The molecule has 0 aliphatic carbocycles. The summed E-state index contributed by atoms with van der Waals surface area (Å²) in [6.45, 7) is 5.42. The van der Waals surface area contributed by atoms with Gasteiger partial charge in [-0.2, -0.15) is 0 Å². The Morgan fingerprint density at radius 1 is 1.29 bits per heavy atom. The molecule has 2 aliphatic heterocycles. The van der Waals surface area contributed by atoms with Crippen LogP contribution in [0.3, 0.4) is 0 Å². The van der Waals surface area contributed by atoms with Crippen LogP contribution in [-0.4, -0.2) is 80.0 Å². The zero-order chi connectivity index (χ0) is 17.3. The Kier molecular flexibility index (Phi) is 4.73. The monoisotopic (exact) mass is 353 g/mol. The summed E-state index contributed by atoms with van der Waals surface area (Å²) in [4.78, 5) is 25.5. The van der Waals surface area contributed by atoms with Crippen LogP contribution in [0, 0.1) is 6.92 Å². The summed E-state index contributed by atoms with van der Waals surface area (Å²) in [5, 5.41) is 2.78. The Labute approximate surface area is 142 Å². The number of carbonyl (C=O) groups is 1. The number of amides is 1. The van der Waals surface area contributed by atoms with Crippen LogP contribution in [-0.2, 0) is 9.84 Å². The number of likely N-dealkylation sites (N-methyl/N-ethyl adjacent to an activating group) is 1. The molecule has 0 radical (unpaired) electrons. The molecule has 2 saturated heterocycles. The highest BCUT2D eigenvalue weighted by molar-refractivity contribution is 7.91. The fourth-order valence-electron chi connectivity index (χ4n) is 3.01. The Bertz CT molecular complexity index is 729. The molecule has 2 fully saturated rings. The van der Waals surface area contributed by atoms with E-state index >= 15 is 0 Å². The molecule has 24 heavy (non-hydrogen) atoms. The van der Waals surface area contributed by atoms with Crippen LogP contribution in [0.15, 0.2) is 6.20 Å². The summed E-state index contributed by atoms with van der Waals surface area (Å²) in [7, 11) is -0.932. The van der Waals surface area contributed by atoms with E-state index in [4.69, 9.17) is 0 Å². The quantitative estimate of drug-likeness (QED) is 0.779. The van der Waals surface area contributed by atoms with Crippen molar-refractivity contribution in [2.24, 2.45) is 0 Å². The maximum absolute atomic E-state index is 12.4. The smallest absolute Gasteiger partial charge is 0.254 e. The van der Waals surface area contributed by atoms with Crippen LogP contribution in [0.4, 0.5) is 5.95 Å². The lowest BCUT2D eigenvalue weighted by Crippen LogP contribution is -2.45. The van der Waals surface area contributed by atoms with Crippen LogP contribution < -0.4 is 10.2 Å². The SMILES string of the molecule is Cc1nc(N2CCN(C)CC2)ncc1C(=O)N[C@@H]1CCS(=O)(=O)C1. The van der Waals surface area contributed by atoms with Gasteiger partial charge in [-0.1, -0.05) is 0 Å². The molecule has 8 nitrogen and oxygen atoms in total. The molecule has 0 saturated carbocycles. The fourth-order valence-corrected chi connectivity index (χ4v) is 4.68. The summed E-state index contributed by atoms with van der Waals surface area (Å²) < 4.78 is 23.0. The number of aromatic nitrogens is 2. The first kappa shape index (κ1) is 17.1. The van der Waals surface area contributed by atoms with Gasteiger partial charge in [0.1, 0.15) is 0 Å². The van der Waals surface area contributed by atoms with E-state index in [2.05, 4.69) is 32.1 Å². The number of carbonyl (C=O) groups excluding carboxylic acids is 1. The Morgan fingerprint density at radius 3 is 2.58 bits per heavy atom. The lowest BCUT2D eigenvalue weighted by molar-refractivity contribution is 0.0939. The molecule has 1 N–H and O–H groups in total. The molecule has 9 heteroatoms. The zero-order valence-electron chi connectivity index (χ0n) is 14.0. The molecular formula is C15H23N5O3S. The highest BCUT2D eigenvalue weighted by atomic mass is 32.2. The highest BCUT2D eigenvalue weighted by Crippen LogP contribution is 2.15. The van der Waals surface area contributed by atoms with Crippen LogP contribution in [0.2, 0.25) is 0 Å². The van der Waals surface area contributed by atoms with Crippen LogP contribution >= 0.6 is 0 Å². The molecule has 3 heterocycles. The number of nitrogens with one attached hydrogen (secondary N) is 1. The number of piperazine rings is 1. The number of hydrogen-bond donors (Lipinski definition) is 1. The van der Waals surface area contributed by atoms with Crippen LogP contribution in [0.25, 0.3) is 0 Å². The Hall–Kier alpha value is -1.74. The van der Waals surface area contributed by atoms with E-state index in [0.717, 1.165) is 26.2 Å².